The topological polar surface area (TPSA) is 24.4 Å². The first kappa shape index (κ1) is 9.38. The van der Waals surface area contributed by atoms with E-state index in [-0.39, 0.29) is 0 Å². The van der Waals surface area contributed by atoms with Crippen LogP contribution >= 0.6 is 11.8 Å². The minimum atomic E-state index is 0.598. The van der Waals surface area contributed by atoms with E-state index in [1.54, 1.807) is 0 Å². The number of nitrogens with zero attached hydrogens (tertiary/aromatic N) is 1. The summed E-state index contributed by atoms with van der Waals surface area (Å²) in [5, 5.41) is 4.56. The lowest BCUT2D eigenvalue weighted by molar-refractivity contribution is 0.506. The third-order valence-electron chi connectivity index (χ3n) is 3.11. The minimum Gasteiger partial charge on any atom is -0.362 e. The summed E-state index contributed by atoms with van der Waals surface area (Å²) in [6, 6.07) is 0.612. The maximum absolute atomic E-state index is 4.65. The van der Waals surface area contributed by atoms with Gasteiger partial charge in [0.1, 0.15) is 0 Å². The first-order valence-corrected chi connectivity index (χ1v) is 6.16. The van der Waals surface area contributed by atoms with Crippen molar-refractivity contribution in [3.8, 4) is 0 Å². The van der Waals surface area contributed by atoms with E-state index in [0.717, 1.165) is 6.54 Å². The fraction of sp³-hybridized carbons (Fsp3) is 0.900. The molecule has 1 aliphatic carbocycles. The van der Waals surface area contributed by atoms with Gasteiger partial charge in [-0.15, -0.1) is 0 Å². The average Bonchev–Trinajstić information content (AvgIpc) is 2.81. The average molecular weight is 198 g/mol. The van der Waals surface area contributed by atoms with Crippen molar-refractivity contribution in [2.24, 2.45) is 10.4 Å². The molecule has 1 unspecified atom stereocenters. The van der Waals surface area contributed by atoms with Crippen LogP contribution in [0, 0.1) is 5.41 Å². The number of hydrogen-bond donors (Lipinski definition) is 1. The van der Waals surface area contributed by atoms with Crippen molar-refractivity contribution in [2.45, 2.75) is 39.2 Å². The maximum atomic E-state index is 4.65. The second-order valence-corrected chi connectivity index (χ2v) is 5.34. The highest BCUT2D eigenvalue weighted by Gasteiger charge is 2.40. The van der Waals surface area contributed by atoms with Gasteiger partial charge in [-0.2, -0.15) is 0 Å². The summed E-state index contributed by atoms with van der Waals surface area (Å²) in [5.41, 5.74) is 0.598. The second-order valence-electron chi connectivity index (χ2n) is 4.33. The monoisotopic (exact) mass is 198 g/mol. The number of aliphatic imine (C=N–C) groups is 1. The highest BCUT2D eigenvalue weighted by Crippen LogP contribution is 2.48. The van der Waals surface area contributed by atoms with Crippen molar-refractivity contribution in [3.05, 3.63) is 0 Å². The van der Waals surface area contributed by atoms with Crippen LogP contribution in [-0.4, -0.2) is 23.5 Å². The van der Waals surface area contributed by atoms with E-state index in [0.29, 0.717) is 11.5 Å². The molecule has 1 aliphatic heterocycles. The molecule has 0 aromatic carbocycles. The Morgan fingerprint density at radius 1 is 1.62 bits per heavy atom. The molecule has 0 aromatic heterocycles. The molecule has 2 nitrogen and oxygen atoms in total. The van der Waals surface area contributed by atoms with E-state index in [2.05, 4.69) is 24.2 Å². The van der Waals surface area contributed by atoms with Crippen LogP contribution in [0.5, 0.6) is 0 Å². The predicted octanol–water partition coefficient (Wildman–Crippen LogP) is 2.26. The van der Waals surface area contributed by atoms with Crippen LogP contribution < -0.4 is 5.32 Å². The van der Waals surface area contributed by atoms with Gasteiger partial charge in [0.25, 0.3) is 0 Å². The highest BCUT2D eigenvalue weighted by molar-refractivity contribution is 8.14. The molecule has 3 heteroatoms. The van der Waals surface area contributed by atoms with Gasteiger partial charge >= 0.3 is 0 Å². The number of nitrogens with one attached hydrogen (secondary N) is 1. The molecule has 1 saturated carbocycles. The van der Waals surface area contributed by atoms with Crippen LogP contribution in [0.15, 0.2) is 4.99 Å². The molecule has 2 fully saturated rings. The lowest BCUT2D eigenvalue weighted by Crippen LogP contribution is -2.23. The Bertz CT molecular complexity index is 221. The number of hydrogen-bond acceptors (Lipinski definition) is 2. The molecule has 13 heavy (non-hydrogen) atoms. The van der Waals surface area contributed by atoms with E-state index in [4.69, 9.17) is 0 Å². The van der Waals surface area contributed by atoms with Crippen molar-refractivity contribution in [1.82, 2.24) is 5.32 Å². The summed E-state index contributed by atoms with van der Waals surface area (Å²) in [6.45, 7) is 5.54. The molecule has 1 heterocycles. The molecule has 74 valence electrons. The molecule has 0 spiro atoms. The largest absolute Gasteiger partial charge is 0.362 e. The SMILES string of the molecule is CCC1(CN=C2NC(C)CS2)CC1. The van der Waals surface area contributed by atoms with Crippen molar-refractivity contribution in [2.75, 3.05) is 12.3 Å². The van der Waals surface area contributed by atoms with Crippen molar-refractivity contribution in [3.63, 3.8) is 0 Å². The number of amidine groups is 1. The Hall–Kier alpha value is -0.180. The molecular formula is C10H18N2S. The first-order chi connectivity index (χ1) is 6.24. The molecular weight excluding hydrogens is 180 g/mol. The van der Waals surface area contributed by atoms with E-state index in [9.17, 15) is 0 Å². The molecule has 2 rings (SSSR count). The predicted molar refractivity (Wildman–Crippen MR) is 59.3 cm³/mol. The summed E-state index contributed by atoms with van der Waals surface area (Å²) in [6.07, 6.45) is 4.07. The van der Waals surface area contributed by atoms with Crippen LogP contribution in [-0.2, 0) is 0 Å². The summed E-state index contributed by atoms with van der Waals surface area (Å²) < 4.78 is 0. The van der Waals surface area contributed by atoms with Gasteiger partial charge < -0.3 is 5.32 Å². The molecule has 2 aliphatic rings. The zero-order valence-electron chi connectivity index (χ0n) is 8.47. The van der Waals surface area contributed by atoms with Crippen molar-refractivity contribution in [1.29, 1.82) is 0 Å². The van der Waals surface area contributed by atoms with Crippen LogP contribution in [0.3, 0.4) is 0 Å². The smallest absolute Gasteiger partial charge is 0.156 e. The van der Waals surface area contributed by atoms with Gasteiger partial charge in [0.05, 0.1) is 0 Å². The number of thioether (sulfide) groups is 1. The maximum Gasteiger partial charge on any atom is 0.156 e. The van der Waals surface area contributed by atoms with Crippen molar-refractivity contribution >= 4 is 16.9 Å². The Morgan fingerprint density at radius 2 is 2.38 bits per heavy atom. The molecule has 0 amide bonds. The normalized spacial score (nSPS) is 33.4. The van der Waals surface area contributed by atoms with Gasteiger partial charge in [-0.1, -0.05) is 18.7 Å². The second kappa shape index (κ2) is 3.52. The summed E-state index contributed by atoms with van der Waals surface area (Å²) in [4.78, 5) is 4.65. The third-order valence-corrected chi connectivity index (χ3v) is 4.29. The third kappa shape index (κ3) is 2.19. The van der Waals surface area contributed by atoms with Gasteiger partial charge in [0.2, 0.25) is 0 Å². The summed E-state index contributed by atoms with van der Waals surface area (Å²) in [5.74, 6) is 1.18. The standard InChI is InChI=1S/C10H18N2S/c1-3-10(4-5-10)7-11-9-12-8(2)6-13-9/h8H,3-7H2,1-2H3,(H,11,12). The molecule has 1 atom stereocenters. The Labute approximate surface area is 84.6 Å². The van der Waals surface area contributed by atoms with Gasteiger partial charge in [-0.05, 0) is 31.6 Å². The molecule has 1 N–H and O–H groups in total. The molecule has 1 saturated heterocycles. The van der Waals surface area contributed by atoms with Crippen LogP contribution in [0.2, 0.25) is 0 Å². The summed E-state index contributed by atoms with van der Waals surface area (Å²) in [7, 11) is 0. The van der Waals surface area contributed by atoms with Gasteiger partial charge in [0.15, 0.2) is 5.17 Å². The lowest BCUT2D eigenvalue weighted by atomic mass is 10.1. The zero-order valence-corrected chi connectivity index (χ0v) is 9.28. The quantitative estimate of drug-likeness (QED) is 0.752. The van der Waals surface area contributed by atoms with Gasteiger partial charge in [-0.25, -0.2) is 0 Å². The zero-order chi connectivity index (χ0) is 9.31. The lowest BCUT2D eigenvalue weighted by Gasteiger charge is -2.08. The summed E-state index contributed by atoms with van der Waals surface area (Å²) >= 11 is 1.87. The Kier molecular flexibility index (Phi) is 2.54. The van der Waals surface area contributed by atoms with E-state index < -0.39 is 0 Å². The fourth-order valence-corrected chi connectivity index (χ4v) is 2.56. The molecule has 0 bridgehead atoms. The molecule has 0 aromatic rings. The highest BCUT2D eigenvalue weighted by atomic mass is 32.2. The minimum absolute atomic E-state index is 0.598. The van der Waals surface area contributed by atoms with Gasteiger partial charge in [-0.3, -0.25) is 4.99 Å². The van der Waals surface area contributed by atoms with Crippen LogP contribution in [0.4, 0.5) is 0 Å². The van der Waals surface area contributed by atoms with Gasteiger partial charge in [0, 0.05) is 18.3 Å². The first-order valence-electron chi connectivity index (χ1n) is 5.18. The molecule has 0 radical (unpaired) electrons. The van der Waals surface area contributed by atoms with Crippen LogP contribution in [0.1, 0.15) is 33.1 Å². The fourth-order valence-electron chi connectivity index (χ4n) is 1.63. The van der Waals surface area contributed by atoms with Crippen molar-refractivity contribution < 1.29 is 0 Å². The Balaban J connectivity index is 1.84. The van der Waals surface area contributed by atoms with E-state index in [1.807, 2.05) is 11.8 Å². The van der Waals surface area contributed by atoms with E-state index >= 15 is 0 Å². The van der Waals surface area contributed by atoms with E-state index in [1.165, 1.54) is 30.2 Å². The Morgan fingerprint density at radius 3 is 2.85 bits per heavy atom. The number of rotatable bonds is 3. The van der Waals surface area contributed by atoms with Crippen LogP contribution in [0.25, 0.3) is 0 Å².